The molecule has 2 nitrogen and oxygen atoms in total. The van der Waals surface area contributed by atoms with Gasteiger partial charge in [-0.25, -0.2) is 4.39 Å². The summed E-state index contributed by atoms with van der Waals surface area (Å²) in [6.45, 7) is 2.29. The van der Waals surface area contributed by atoms with E-state index in [-0.39, 0.29) is 11.3 Å². The van der Waals surface area contributed by atoms with Gasteiger partial charge in [-0.05, 0) is 47.8 Å². The van der Waals surface area contributed by atoms with E-state index < -0.39 is 11.4 Å². The van der Waals surface area contributed by atoms with Gasteiger partial charge in [0.1, 0.15) is 11.4 Å². The molecule has 1 fully saturated rings. The molecule has 0 spiro atoms. The highest BCUT2D eigenvalue weighted by atomic mass is 79.9. The lowest BCUT2D eigenvalue weighted by atomic mass is 9.92. The highest BCUT2D eigenvalue weighted by Gasteiger charge is 2.39. The molecule has 0 saturated carbocycles. The lowest BCUT2D eigenvalue weighted by Crippen LogP contribution is -2.34. The van der Waals surface area contributed by atoms with Crippen molar-refractivity contribution in [1.29, 1.82) is 0 Å². The van der Waals surface area contributed by atoms with Gasteiger partial charge in [0.05, 0.1) is 10.0 Å². The maximum absolute atomic E-state index is 13.8. The van der Waals surface area contributed by atoms with Crippen LogP contribution in [-0.4, -0.2) is 18.0 Å². The number of halogens is 2. The zero-order chi connectivity index (χ0) is 11.8. The molecule has 0 radical (unpaired) electrons. The number of carbonyl (C=O) groups is 1. The molecular weight excluding hydrogens is 275 g/mol. The van der Waals surface area contributed by atoms with Gasteiger partial charge >= 0.3 is 0 Å². The van der Waals surface area contributed by atoms with E-state index >= 15 is 0 Å². The predicted octanol–water partition coefficient (Wildman–Crippen LogP) is 3.34. The van der Waals surface area contributed by atoms with E-state index in [0.29, 0.717) is 17.5 Å². The van der Waals surface area contributed by atoms with E-state index in [4.69, 9.17) is 4.74 Å². The molecule has 0 N–H and O–H groups in total. The second-order valence-corrected chi connectivity index (χ2v) is 4.97. The Hall–Kier alpha value is -0.740. The van der Waals surface area contributed by atoms with Crippen molar-refractivity contribution in [1.82, 2.24) is 0 Å². The van der Waals surface area contributed by atoms with Crippen molar-refractivity contribution in [2.45, 2.75) is 25.4 Å². The minimum absolute atomic E-state index is 0.0961. The summed E-state index contributed by atoms with van der Waals surface area (Å²) < 4.78 is 19.5. The van der Waals surface area contributed by atoms with Crippen LogP contribution in [0.1, 0.15) is 30.1 Å². The Labute approximate surface area is 102 Å². The van der Waals surface area contributed by atoms with Gasteiger partial charge in [0, 0.05) is 6.61 Å². The number of hydrogen-bond donors (Lipinski definition) is 0. The Morgan fingerprint density at radius 2 is 2.31 bits per heavy atom. The van der Waals surface area contributed by atoms with Crippen molar-refractivity contribution < 1.29 is 13.9 Å². The standard InChI is InChI=1S/C12H12BrFO2/c1-12(6-3-7-16-12)11(15)8-4-2-5-9(13)10(8)14/h2,4-5H,3,6-7H2,1H3. The Morgan fingerprint density at radius 3 is 2.94 bits per heavy atom. The third-order valence-corrected chi connectivity index (χ3v) is 3.51. The monoisotopic (exact) mass is 286 g/mol. The van der Waals surface area contributed by atoms with Gasteiger partial charge in [0.15, 0.2) is 5.78 Å². The SMILES string of the molecule is CC1(C(=O)c2cccc(Br)c2F)CCCO1. The zero-order valence-electron chi connectivity index (χ0n) is 8.93. The van der Waals surface area contributed by atoms with E-state index in [2.05, 4.69) is 15.9 Å². The zero-order valence-corrected chi connectivity index (χ0v) is 10.5. The molecule has 16 heavy (non-hydrogen) atoms. The number of Topliss-reactive ketones (excluding diaryl/α,β-unsaturated/α-hetero) is 1. The highest BCUT2D eigenvalue weighted by Crippen LogP contribution is 2.31. The van der Waals surface area contributed by atoms with Crippen LogP contribution in [0.4, 0.5) is 4.39 Å². The largest absolute Gasteiger partial charge is 0.367 e. The molecule has 1 aromatic carbocycles. The molecule has 4 heteroatoms. The first-order valence-electron chi connectivity index (χ1n) is 5.17. The molecule has 1 unspecified atom stereocenters. The van der Waals surface area contributed by atoms with Gasteiger partial charge in [-0.2, -0.15) is 0 Å². The van der Waals surface area contributed by atoms with Crippen molar-refractivity contribution >= 4 is 21.7 Å². The lowest BCUT2D eigenvalue weighted by molar-refractivity contribution is 0.0210. The van der Waals surface area contributed by atoms with E-state index in [1.165, 1.54) is 6.07 Å². The van der Waals surface area contributed by atoms with Gasteiger partial charge < -0.3 is 4.74 Å². The fourth-order valence-electron chi connectivity index (χ4n) is 1.92. The molecule has 1 aliphatic rings. The van der Waals surface area contributed by atoms with Gasteiger partial charge in [0.2, 0.25) is 0 Å². The second-order valence-electron chi connectivity index (χ2n) is 4.11. The van der Waals surface area contributed by atoms with Crippen molar-refractivity contribution in [3.05, 3.63) is 34.1 Å². The predicted molar refractivity (Wildman–Crippen MR) is 62.0 cm³/mol. The Kier molecular flexibility index (Phi) is 3.13. The van der Waals surface area contributed by atoms with Crippen LogP contribution < -0.4 is 0 Å². The van der Waals surface area contributed by atoms with Crippen LogP contribution >= 0.6 is 15.9 Å². The summed E-state index contributed by atoms with van der Waals surface area (Å²) in [5.41, 5.74) is -0.763. The van der Waals surface area contributed by atoms with Crippen molar-refractivity contribution in [2.75, 3.05) is 6.61 Å². The Morgan fingerprint density at radius 1 is 1.56 bits per heavy atom. The van der Waals surface area contributed by atoms with Crippen LogP contribution in [0.5, 0.6) is 0 Å². The lowest BCUT2D eigenvalue weighted by Gasteiger charge is -2.21. The molecule has 0 bridgehead atoms. The minimum Gasteiger partial charge on any atom is -0.367 e. The van der Waals surface area contributed by atoms with Crippen molar-refractivity contribution in [3.63, 3.8) is 0 Å². The maximum atomic E-state index is 13.8. The highest BCUT2D eigenvalue weighted by molar-refractivity contribution is 9.10. The van der Waals surface area contributed by atoms with E-state index in [1.807, 2.05) is 0 Å². The molecule has 0 aliphatic carbocycles. The quantitative estimate of drug-likeness (QED) is 0.780. The van der Waals surface area contributed by atoms with Crippen LogP contribution in [-0.2, 0) is 4.74 Å². The van der Waals surface area contributed by atoms with Gasteiger partial charge in [-0.3, -0.25) is 4.79 Å². The molecule has 1 saturated heterocycles. The van der Waals surface area contributed by atoms with Gasteiger partial charge in [-0.15, -0.1) is 0 Å². The fraction of sp³-hybridized carbons (Fsp3) is 0.417. The Bertz CT molecular complexity index is 425. The summed E-state index contributed by atoms with van der Waals surface area (Å²) >= 11 is 3.07. The third kappa shape index (κ3) is 1.92. The smallest absolute Gasteiger partial charge is 0.197 e. The number of benzene rings is 1. The number of ketones is 1. The molecule has 1 aliphatic heterocycles. The molecule has 1 heterocycles. The van der Waals surface area contributed by atoms with Gasteiger partial charge in [-0.1, -0.05) is 6.07 Å². The number of carbonyl (C=O) groups excluding carboxylic acids is 1. The van der Waals surface area contributed by atoms with E-state index in [1.54, 1.807) is 19.1 Å². The summed E-state index contributed by atoms with van der Waals surface area (Å²) in [5.74, 6) is -0.784. The van der Waals surface area contributed by atoms with Crippen LogP contribution in [0, 0.1) is 5.82 Å². The van der Waals surface area contributed by atoms with Crippen LogP contribution in [0.3, 0.4) is 0 Å². The Balaban J connectivity index is 2.37. The molecule has 0 aromatic heterocycles. The van der Waals surface area contributed by atoms with Crippen LogP contribution in [0.2, 0.25) is 0 Å². The van der Waals surface area contributed by atoms with E-state index in [0.717, 1.165) is 6.42 Å². The average Bonchev–Trinajstić information content (AvgIpc) is 2.70. The third-order valence-electron chi connectivity index (χ3n) is 2.90. The molecule has 86 valence electrons. The number of hydrogen-bond acceptors (Lipinski definition) is 2. The second kappa shape index (κ2) is 4.26. The molecule has 0 amide bonds. The minimum atomic E-state index is -0.859. The average molecular weight is 287 g/mol. The normalized spacial score (nSPS) is 24.7. The first kappa shape index (κ1) is 11.7. The molecular formula is C12H12BrFO2. The summed E-state index contributed by atoms with van der Waals surface area (Å²) in [4.78, 5) is 12.2. The van der Waals surface area contributed by atoms with Gasteiger partial charge in [0.25, 0.3) is 0 Å². The van der Waals surface area contributed by atoms with Crippen LogP contribution in [0.25, 0.3) is 0 Å². The molecule has 1 aromatic rings. The summed E-state index contributed by atoms with van der Waals surface area (Å²) in [6, 6.07) is 4.72. The fourth-order valence-corrected chi connectivity index (χ4v) is 2.29. The number of rotatable bonds is 2. The topological polar surface area (TPSA) is 26.3 Å². The summed E-state index contributed by atoms with van der Waals surface area (Å²) in [7, 11) is 0. The molecule has 1 atom stereocenters. The molecule has 2 rings (SSSR count). The summed E-state index contributed by atoms with van der Waals surface area (Å²) in [6.07, 6.45) is 1.50. The maximum Gasteiger partial charge on any atom is 0.197 e. The van der Waals surface area contributed by atoms with E-state index in [9.17, 15) is 9.18 Å². The number of ether oxygens (including phenoxy) is 1. The summed E-state index contributed by atoms with van der Waals surface area (Å²) in [5, 5.41) is 0. The van der Waals surface area contributed by atoms with Crippen molar-refractivity contribution in [3.8, 4) is 0 Å². The van der Waals surface area contributed by atoms with Crippen molar-refractivity contribution in [2.24, 2.45) is 0 Å². The first-order valence-corrected chi connectivity index (χ1v) is 5.97. The first-order chi connectivity index (χ1) is 7.54. The van der Waals surface area contributed by atoms with Crippen LogP contribution in [0.15, 0.2) is 22.7 Å².